The van der Waals surface area contributed by atoms with Gasteiger partial charge in [-0.05, 0) is 23.5 Å². The lowest BCUT2D eigenvalue weighted by Crippen LogP contribution is -2.24. The molecule has 0 bridgehead atoms. The molecule has 22 heavy (non-hydrogen) atoms. The summed E-state index contributed by atoms with van der Waals surface area (Å²) < 4.78 is 38.4. The van der Waals surface area contributed by atoms with Gasteiger partial charge in [0.25, 0.3) is 10.1 Å². The summed E-state index contributed by atoms with van der Waals surface area (Å²) in [5.74, 6) is 0. The Balaban J connectivity index is 2.25. The Bertz CT molecular complexity index is 858. The molecule has 0 radical (unpaired) electrons. The highest BCUT2D eigenvalue weighted by molar-refractivity contribution is 7.88. The Morgan fingerprint density at radius 3 is 2.18 bits per heavy atom. The van der Waals surface area contributed by atoms with Crippen molar-refractivity contribution in [2.24, 2.45) is 0 Å². The molecular formula is C16H13O4PS. The third-order valence-electron chi connectivity index (χ3n) is 3.13. The molecule has 0 aliphatic heterocycles. The first-order valence-corrected chi connectivity index (χ1v) is 9.31. The molecule has 0 spiro atoms. The van der Waals surface area contributed by atoms with Crippen LogP contribution in [0.5, 0.6) is 0 Å². The fourth-order valence-electron chi connectivity index (χ4n) is 2.22. The van der Waals surface area contributed by atoms with Gasteiger partial charge >= 0.3 is 0 Å². The number of hydrogen-bond acceptors (Lipinski definition) is 3. The van der Waals surface area contributed by atoms with E-state index in [2.05, 4.69) is 0 Å². The second-order valence-electron chi connectivity index (χ2n) is 4.57. The maximum Gasteiger partial charge on any atom is 0.295 e. The predicted molar refractivity (Wildman–Crippen MR) is 87.2 cm³/mol. The van der Waals surface area contributed by atoms with Gasteiger partial charge in [0.15, 0.2) is 0 Å². The molecule has 0 aliphatic carbocycles. The van der Waals surface area contributed by atoms with Crippen molar-refractivity contribution in [2.75, 3.05) is 0 Å². The minimum Gasteiger partial charge on any atom is -0.464 e. The lowest BCUT2D eigenvalue weighted by atomic mass is 10.4. The van der Waals surface area contributed by atoms with E-state index in [0.29, 0.717) is 10.8 Å². The van der Waals surface area contributed by atoms with Gasteiger partial charge in [0.1, 0.15) is 10.4 Å². The largest absolute Gasteiger partial charge is 0.464 e. The van der Waals surface area contributed by atoms with E-state index in [9.17, 15) is 13.0 Å². The highest BCUT2D eigenvalue weighted by Gasteiger charge is 2.26. The maximum atomic E-state index is 11.7. The molecule has 0 saturated carbocycles. The monoisotopic (exact) mass is 332 g/mol. The molecule has 1 atom stereocenters. The van der Waals surface area contributed by atoms with Crippen LogP contribution in [-0.2, 0) is 10.1 Å². The third kappa shape index (κ3) is 2.97. The van der Waals surface area contributed by atoms with Crippen molar-refractivity contribution >= 4 is 34.2 Å². The summed E-state index contributed by atoms with van der Waals surface area (Å²) in [6.07, 6.45) is 1.56. The van der Waals surface area contributed by atoms with Crippen molar-refractivity contribution in [3.8, 4) is 0 Å². The number of furan rings is 1. The first kappa shape index (κ1) is 15.0. The molecule has 2 aromatic carbocycles. The van der Waals surface area contributed by atoms with Crippen molar-refractivity contribution in [3.63, 3.8) is 0 Å². The Hall–Kier alpha value is -1.94. The maximum absolute atomic E-state index is 11.7. The highest BCUT2D eigenvalue weighted by Crippen LogP contribution is 2.35. The molecule has 0 fully saturated rings. The molecule has 3 rings (SSSR count). The van der Waals surface area contributed by atoms with E-state index in [1.165, 1.54) is 6.07 Å². The summed E-state index contributed by atoms with van der Waals surface area (Å²) in [5.41, 5.74) is 0.678. The van der Waals surface area contributed by atoms with Crippen LogP contribution in [0.4, 0.5) is 0 Å². The second kappa shape index (κ2) is 6.05. The Morgan fingerprint density at radius 2 is 1.55 bits per heavy atom. The van der Waals surface area contributed by atoms with Gasteiger partial charge in [0.05, 0.1) is 6.26 Å². The molecule has 1 aromatic heterocycles. The standard InChI is InChI=1S/C16H13O4PS/c17-22(18,19)15-10-5-4-9-14(15)21(16-11-6-12-20-16)13-7-2-1-3-8-13/h1-12H,(H,17,18,19). The molecule has 3 aromatic rings. The van der Waals surface area contributed by atoms with Crippen LogP contribution >= 0.6 is 7.92 Å². The van der Waals surface area contributed by atoms with Crippen LogP contribution in [-0.4, -0.2) is 13.0 Å². The molecule has 4 nitrogen and oxygen atoms in total. The number of rotatable bonds is 4. The molecule has 1 heterocycles. The van der Waals surface area contributed by atoms with Crippen LogP contribution in [0.1, 0.15) is 0 Å². The van der Waals surface area contributed by atoms with Gasteiger partial charge in [-0.15, -0.1) is 0 Å². The van der Waals surface area contributed by atoms with Crippen molar-refractivity contribution in [3.05, 3.63) is 73.0 Å². The molecule has 0 amide bonds. The molecular weight excluding hydrogens is 319 g/mol. The zero-order valence-electron chi connectivity index (χ0n) is 11.5. The molecule has 0 saturated heterocycles. The number of benzene rings is 2. The summed E-state index contributed by atoms with van der Waals surface area (Å²) in [6.45, 7) is 0. The average Bonchev–Trinajstić information content (AvgIpc) is 3.02. The molecule has 112 valence electrons. The SMILES string of the molecule is O=S(=O)(O)c1ccccc1P(c1ccccc1)c1ccco1. The van der Waals surface area contributed by atoms with E-state index in [4.69, 9.17) is 4.42 Å². The van der Waals surface area contributed by atoms with Gasteiger partial charge < -0.3 is 4.42 Å². The minimum absolute atomic E-state index is 0.0821. The van der Waals surface area contributed by atoms with Gasteiger partial charge in [-0.2, -0.15) is 8.42 Å². The summed E-state index contributed by atoms with van der Waals surface area (Å²) in [5, 5.41) is 1.49. The first-order chi connectivity index (χ1) is 10.6. The molecule has 6 heteroatoms. The van der Waals surface area contributed by atoms with E-state index >= 15 is 0 Å². The average molecular weight is 332 g/mol. The molecule has 1 N–H and O–H groups in total. The van der Waals surface area contributed by atoms with Crippen LogP contribution in [0.3, 0.4) is 0 Å². The van der Waals surface area contributed by atoms with Gasteiger partial charge in [-0.3, -0.25) is 4.55 Å². The zero-order chi connectivity index (χ0) is 15.6. The van der Waals surface area contributed by atoms with Crippen LogP contribution in [0.2, 0.25) is 0 Å². The molecule has 1 unspecified atom stereocenters. The van der Waals surface area contributed by atoms with E-state index in [1.54, 1.807) is 30.5 Å². The van der Waals surface area contributed by atoms with Crippen molar-refractivity contribution in [2.45, 2.75) is 4.90 Å². The van der Waals surface area contributed by atoms with E-state index in [0.717, 1.165) is 5.30 Å². The van der Waals surface area contributed by atoms with Crippen molar-refractivity contribution < 1.29 is 17.4 Å². The lowest BCUT2D eigenvalue weighted by molar-refractivity contribution is 0.484. The van der Waals surface area contributed by atoms with Gasteiger partial charge in [0.2, 0.25) is 0 Å². The van der Waals surface area contributed by atoms with Crippen molar-refractivity contribution in [1.82, 2.24) is 0 Å². The second-order valence-corrected chi connectivity index (χ2v) is 8.06. The quantitative estimate of drug-likeness (QED) is 0.588. The topological polar surface area (TPSA) is 67.5 Å². The predicted octanol–water partition coefficient (Wildman–Crippen LogP) is 2.28. The Morgan fingerprint density at radius 1 is 0.864 bits per heavy atom. The van der Waals surface area contributed by atoms with Crippen LogP contribution in [0, 0.1) is 0 Å². The fourth-order valence-corrected chi connectivity index (χ4v) is 5.59. The van der Waals surface area contributed by atoms with Gasteiger partial charge in [0, 0.05) is 13.2 Å². The summed E-state index contributed by atoms with van der Waals surface area (Å²) in [4.78, 5) is -0.0821. The summed E-state index contributed by atoms with van der Waals surface area (Å²) in [7, 11) is -5.50. The fraction of sp³-hybridized carbons (Fsp3) is 0. The minimum atomic E-state index is -4.30. The Kier molecular flexibility index (Phi) is 4.12. The van der Waals surface area contributed by atoms with E-state index in [-0.39, 0.29) is 4.90 Å². The Labute approximate surface area is 129 Å². The lowest BCUT2D eigenvalue weighted by Gasteiger charge is -2.18. The number of hydrogen-bond donors (Lipinski definition) is 1. The van der Waals surface area contributed by atoms with Crippen LogP contribution in [0.15, 0.2) is 82.3 Å². The zero-order valence-corrected chi connectivity index (χ0v) is 13.2. The van der Waals surface area contributed by atoms with E-state index < -0.39 is 18.0 Å². The summed E-state index contributed by atoms with van der Waals surface area (Å²) >= 11 is 0. The summed E-state index contributed by atoms with van der Waals surface area (Å²) in [6, 6.07) is 19.6. The van der Waals surface area contributed by atoms with Crippen LogP contribution in [0.25, 0.3) is 0 Å². The van der Waals surface area contributed by atoms with Crippen molar-refractivity contribution in [1.29, 1.82) is 0 Å². The van der Waals surface area contributed by atoms with E-state index in [1.807, 2.05) is 36.4 Å². The highest BCUT2D eigenvalue weighted by atomic mass is 32.2. The third-order valence-corrected chi connectivity index (χ3v) is 6.57. The molecule has 0 aliphatic rings. The smallest absolute Gasteiger partial charge is 0.295 e. The normalized spacial score (nSPS) is 13.0. The van der Waals surface area contributed by atoms with Gasteiger partial charge in [-0.1, -0.05) is 48.5 Å². The van der Waals surface area contributed by atoms with Crippen LogP contribution < -0.4 is 16.1 Å². The van der Waals surface area contributed by atoms with Gasteiger partial charge in [-0.25, -0.2) is 0 Å². The first-order valence-electron chi connectivity index (χ1n) is 6.52.